The van der Waals surface area contributed by atoms with Crippen LogP contribution in [0.4, 0.5) is 16.2 Å². The third-order valence-electron chi connectivity index (χ3n) is 5.71. The summed E-state index contributed by atoms with van der Waals surface area (Å²) in [4.78, 5) is 50.1. The van der Waals surface area contributed by atoms with Crippen molar-refractivity contribution in [2.24, 2.45) is 0 Å². The van der Waals surface area contributed by atoms with Gasteiger partial charge in [0, 0.05) is 22.2 Å². The molecule has 0 atom stereocenters. The fourth-order valence-electron chi connectivity index (χ4n) is 3.69. The number of carbonyl (C=O) groups excluding carboxylic acids is 3. The molecule has 182 valence electrons. The molecule has 4 rings (SSSR count). The lowest BCUT2D eigenvalue weighted by Gasteiger charge is -2.28. The minimum atomic E-state index is -0.827. The average molecular weight is 550 g/mol. The Bertz CT molecular complexity index is 1450. The van der Waals surface area contributed by atoms with Gasteiger partial charge in [-0.2, -0.15) is 0 Å². The van der Waals surface area contributed by atoms with E-state index in [9.17, 15) is 24.5 Å². The van der Waals surface area contributed by atoms with E-state index in [1.54, 1.807) is 49.4 Å². The van der Waals surface area contributed by atoms with Crippen LogP contribution in [0.3, 0.4) is 0 Å². The van der Waals surface area contributed by atoms with Crippen LogP contribution in [-0.2, 0) is 16.2 Å². The molecule has 1 saturated heterocycles. The topological polar surface area (TPSA) is 119 Å². The number of hydrogen-bond donors (Lipinski definition) is 1. The zero-order valence-corrected chi connectivity index (χ0v) is 20.9. The Kier molecular flexibility index (Phi) is 6.98. The summed E-state index contributed by atoms with van der Waals surface area (Å²) in [6, 6.07) is 15.5. The van der Waals surface area contributed by atoms with E-state index < -0.39 is 22.8 Å². The molecule has 10 heteroatoms. The molecule has 9 nitrogen and oxygen atoms in total. The fraction of sp³-hybridized carbons (Fsp3) is 0.115. The summed E-state index contributed by atoms with van der Waals surface area (Å²) in [5, 5.41) is 13.3. The first-order chi connectivity index (χ1) is 17.2. The van der Waals surface area contributed by atoms with Crippen molar-refractivity contribution in [1.82, 2.24) is 5.32 Å². The molecule has 1 N–H and O–H groups in total. The summed E-state index contributed by atoms with van der Waals surface area (Å²) < 4.78 is 6.55. The van der Waals surface area contributed by atoms with Crippen LogP contribution in [0.25, 0.3) is 6.08 Å². The van der Waals surface area contributed by atoms with Crippen LogP contribution in [0.15, 0.2) is 70.7 Å². The second-order valence-electron chi connectivity index (χ2n) is 8.07. The Balaban J connectivity index is 1.68. The molecule has 3 aromatic rings. The molecular formula is C26H20BrN3O6. The summed E-state index contributed by atoms with van der Waals surface area (Å²) >= 11 is 3.38. The molecule has 0 spiro atoms. The first kappa shape index (κ1) is 24.8. The molecule has 0 aromatic heterocycles. The Morgan fingerprint density at radius 1 is 1.06 bits per heavy atom. The predicted molar refractivity (Wildman–Crippen MR) is 136 cm³/mol. The molecule has 1 aliphatic heterocycles. The molecule has 0 unspecified atom stereocenters. The van der Waals surface area contributed by atoms with Crippen molar-refractivity contribution in [2.75, 3.05) is 4.90 Å². The number of non-ortho nitro benzene ring substituents is 1. The van der Waals surface area contributed by atoms with E-state index in [2.05, 4.69) is 21.2 Å². The van der Waals surface area contributed by atoms with Crippen molar-refractivity contribution < 1.29 is 24.0 Å². The van der Waals surface area contributed by atoms with Gasteiger partial charge in [0.05, 0.1) is 10.6 Å². The Morgan fingerprint density at radius 2 is 1.81 bits per heavy atom. The number of carbonyl (C=O) groups is 3. The number of nitrogens with one attached hydrogen (secondary N) is 1. The summed E-state index contributed by atoms with van der Waals surface area (Å²) in [6.45, 7) is 3.67. The normalized spacial score (nSPS) is 14.7. The summed E-state index contributed by atoms with van der Waals surface area (Å²) in [5.74, 6) is -1.24. The number of benzene rings is 3. The highest BCUT2D eigenvalue weighted by molar-refractivity contribution is 9.10. The molecule has 1 fully saturated rings. The Hall–Kier alpha value is -4.31. The van der Waals surface area contributed by atoms with Crippen LogP contribution in [-0.4, -0.2) is 22.8 Å². The van der Waals surface area contributed by atoms with E-state index in [0.29, 0.717) is 27.0 Å². The van der Waals surface area contributed by atoms with E-state index >= 15 is 0 Å². The number of halogens is 1. The summed E-state index contributed by atoms with van der Waals surface area (Å²) in [5.41, 5.74) is 2.68. The smallest absolute Gasteiger partial charge is 0.335 e. The molecule has 0 aliphatic carbocycles. The van der Waals surface area contributed by atoms with Gasteiger partial charge in [-0.15, -0.1) is 0 Å². The van der Waals surface area contributed by atoms with Gasteiger partial charge in [0.25, 0.3) is 17.5 Å². The highest BCUT2D eigenvalue weighted by Gasteiger charge is 2.37. The number of nitro groups is 1. The van der Waals surface area contributed by atoms with Crippen LogP contribution in [0, 0.1) is 24.0 Å². The maximum absolute atomic E-state index is 13.4. The molecule has 0 saturated carbocycles. The van der Waals surface area contributed by atoms with Crippen LogP contribution >= 0.6 is 15.9 Å². The van der Waals surface area contributed by atoms with Crippen molar-refractivity contribution in [3.63, 3.8) is 0 Å². The zero-order valence-electron chi connectivity index (χ0n) is 19.3. The summed E-state index contributed by atoms with van der Waals surface area (Å²) in [6.07, 6.45) is 1.36. The van der Waals surface area contributed by atoms with Crippen molar-refractivity contribution in [3.8, 4) is 5.75 Å². The lowest BCUT2D eigenvalue weighted by molar-refractivity contribution is -0.384. The van der Waals surface area contributed by atoms with Crippen LogP contribution in [0.1, 0.15) is 22.3 Å². The number of rotatable bonds is 6. The number of nitro benzene ring substituents is 1. The highest BCUT2D eigenvalue weighted by Crippen LogP contribution is 2.30. The molecule has 0 bridgehead atoms. The van der Waals surface area contributed by atoms with Gasteiger partial charge in [0.2, 0.25) is 0 Å². The molecule has 4 amide bonds. The fourth-order valence-corrected chi connectivity index (χ4v) is 4.07. The first-order valence-electron chi connectivity index (χ1n) is 10.8. The van der Waals surface area contributed by atoms with Crippen LogP contribution in [0.2, 0.25) is 0 Å². The quantitative estimate of drug-likeness (QED) is 0.195. The Morgan fingerprint density at radius 3 is 2.56 bits per heavy atom. The average Bonchev–Trinajstić information content (AvgIpc) is 2.84. The standard InChI is InChI=1S/C26H20BrN3O6/c1-15-5-3-8-22(16(15)2)29-25(32)21(24(31)28-26(29)33)13-18-12-19(27)9-10-23(18)36-14-17-6-4-7-20(11-17)30(34)35/h3-13H,14H2,1-2H3,(H,28,31,33)/b21-13+. The van der Waals surface area contributed by atoms with Gasteiger partial charge in [-0.3, -0.25) is 25.0 Å². The van der Waals surface area contributed by atoms with Crippen LogP contribution < -0.4 is 15.0 Å². The van der Waals surface area contributed by atoms with Gasteiger partial charge in [0.1, 0.15) is 17.9 Å². The van der Waals surface area contributed by atoms with Crippen molar-refractivity contribution in [3.05, 3.63) is 103 Å². The van der Waals surface area contributed by atoms with Gasteiger partial charge in [-0.25, -0.2) is 9.69 Å². The maximum atomic E-state index is 13.4. The van der Waals surface area contributed by atoms with E-state index in [1.165, 1.54) is 18.2 Å². The second-order valence-corrected chi connectivity index (χ2v) is 8.99. The lowest BCUT2D eigenvalue weighted by atomic mass is 10.0. The second kappa shape index (κ2) is 10.1. The first-order valence-corrected chi connectivity index (χ1v) is 11.6. The van der Waals surface area contributed by atoms with Gasteiger partial charge < -0.3 is 4.74 Å². The minimum Gasteiger partial charge on any atom is -0.488 e. The van der Waals surface area contributed by atoms with Crippen molar-refractivity contribution in [2.45, 2.75) is 20.5 Å². The van der Waals surface area contributed by atoms with Gasteiger partial charge in [0.15, 0.2) is 0 Å². The number of ether oxygens (including phenoxy) is 1. The monoisotopic (exact) mass is 549 g/mol. The van der Waals surface area contributed by atoms with Gasteiger partial charge in [-0.05, 0) is 60.9 Å². The maximum Gasteiger partial charge on any atom is 0.335 e. The van der Waals surface area contributed by atoms with Crippen molar-refractivity contribution >= 4 is 51.2 Å². The molecule has 3 aromatic carbocycles. The van der Waals surface area contributed by atoms with Crippen LogP contribution in [0.5, 0.6) is 5.75 Å². The zero-order chi connectivity index (χ0) is 26.0. The van der Waals surface area contributed by atoms with Crippen molar-refractivity contribution in [1.29, 1.82) is 0 Å². The number of imide groups is 2. The molecule has 1 heterocycles. The largest absolute Gasteiger partial charge is 0.488 e. The number of anilines is 1. The van der Waals surface area contributed by atoms with Gasteiger partial charge in [-0.1, -0.05) is 40.2 Å². The van der Waals surface area contributed by atoms with E-state index in [4.69, 9.17) is 4.74 Å². The molecule has 36 heavy (non-hydrogen) atoms. The van der Waals surface area contributed by atoms with E-state index in [0.717, 1.165) is 16.0 Å². The molecule has 0 radical (unpaired) electrons. The van der Waals surface area contributed by atoms with E-state index in [-0.39, 0.29) is 17.9 Å². The number of nitrogens with zero attached hydrogens (tertiary/aromatic N) is 2. The summed E-state index contributed by atoms with van der Waals surface area (Å²) in [7, 11) is 0. The third kappa shape index (κ3) is 5.03. The van der Waals surface area contributed by atoms with Gasteiger partial charge >= 0.3 is 6.03 Å². The minimum absolute atomic E-state index is 0.0206. The predicted octanol–water partition coefficient (Wildman–Crippen LogP) is 5.22. The number of barbiturate groups is 1. The molecular weight excluding hydrogens is 530 g/mol. The number of urea groups is 1. The lowest BCUT2D eigenvalue weighted by Crippen LogP contribution is -2.54. The molecule has 1 aliphatic rings. The Labute approximate surface area is 214 Å². The highest BCUT2D eigenvalue weighted by atomic mass is 79.9. The SMILES string of the molecule is Cc1cccc(N2C(=O)NC(=O)/C(=C\c3cc(Br)ccc3OCc3cccc([N+](=O)[O-])c3)C2=O)c1C. The number of aryl methyl sites for hydroxylation is 1. The number of amides is 4. The number of hydrogen-bond acceptors (Lipinski definition) is 6. The van der Waals surface area contributed by atoms with E-state index in [1.807, 2.05) is 13.0 Å². The third-order valence-corrected chi connectivity index (χ3v) is 6.20.